The number of nitrogens with zero attached hydrogens (tertiary/aromatic N) is 4. The molecule has 2 atom stereocenters. The fraction of sp³-hybridized carbons (Fsp3) is 0.619. The van der Waals surface area contributed by atoms with Gasteiger partial charge in [-0.2, -0.15) is 5.10 Å². The van der Waals surface area contributed by atoms with Gasteiger partial charge in [0.25, 0.3) is 0 Å². The first-order valence-corrected chi connectivity index (χ1v) is 9.97. The second-order valence-electron chi connectivity index (χ2n) is 9.43. The number of aryl methyl sites for hydroxylation is 1. The van der Waals surface area contributed by atoms with Crippen LogP contribution in [0.1, 0.15) is 47.2 Å². The van der Waals surface area contributed by atoms with Crippen LogP contribution in [-0.4, -0.2) is 50.4 Å². The first-order chi connectivity index (χ1) is 13.4. The van der Waals surface area contributed by atoms with Crippen LogP contribution in [0.15, 0.2) is 18.3 Å². The maximum absolute atomic E-state index is 13.1. The maximum Gasteiger partial charge on any atom is 0.410 e. The number of pyridine rings is 1. The Bertz CT molecular complexity index is 928. The lowest BCUT2D eigenvalue weighted by atomic mass is 9.93. The standard InChI is InChI=1S/C21H31N5O3/c1-13-11-26(19(28)29-20(2,3)4)12-14(13)18(27)23-21(5,6)17-16-15(25(7)24-17)9-8-10-22-16/h8-10,13-14H,11-12H2,1-7H3,(H,23,27)/t13-,14+/m0/s1. The van der Waals surface area contributed by atoms with Gasteiger partial charge in [0.2, 0.25) is 5.91 Å². The van der Waals surface area contributed by atoms with Gasteiger partial charge in [0.05, 0.1) is 17.0 Å². The van der Waals surface area contributed by atoms with Crippen LogP contribution in [0, 0.1) is 11.8 Å². The van der Waals surface area contributed by atoms with Gasteiger partial charge >= 0.3 is 6.09 Å². The number of nitrogens with one attached hydrogen (secondary N) is 1. The Kier molecular flexibility index (Phi) is 5.32. The molecule has 2 amide bonds. The number of carbonyl (C=O) groups is 2. The average molecular weight is 402 g/mol. The first-order valence-electron chi connectivity index (χ1n) is 9.97. The molecule has 0 bridgehead atoms. The van der Waals surface area contributed by atoms with Crippen LogP contribution in [0.25, 0.3) is 11.0 Å². The molecular formula is C21H31N5O3. The zero-order valence-corrected chi connectivity index (χ0v) is 18.3. The predicted molar refractivity (Wildman–Crippen MR) is 110 cm³/mol. The molecule has 0 aromatic carbocycles. The number of fused-ring (bicyclic) bond motifs is 1. The minimum absolute atomic E-state index is 0.0388. The minimum atomic E-state index is -0.704. The molecule has 0 radical (unpaired) electrons. The van der Waals surface area contributed by atoms with Crippen molar-refractivity contribution in [1.82, 2.24) is 25.0 Å². The highest BCUT2D eigenvalue weighted by Crippen LogP contribution is 2.29. The highest BCUT2D eigenvalue weighted by atomic mass is 16.6. The van der Waals surface area contributed by atoms with Crippen molar-refractivity contribution in [3.8, 4) is 0 Å². The lowest BCUT2D eigenvalue weighted by Gasteiger charge is -2.27. The Morgan fingerprint density at radius 1 is 1.21 bits per heavy atom. The van der Waals surface area contributed by atoms with Gasteiger partial charge in [0.1, 0.15) is 16.8 Å². The Morgan fingerprint density at radius 3 is 2.55 bits per heavy atom. The topological polar surface area (TPSA) is 89.4 Å². The molecule has 3 heterocycles. The van der Waals surface area contributed by atoms with E-state index < -0.39 is 11.1 Å². The summed E-state index contributed by atoms with van der Waals surface area (Å²) in [6.45, 7) is 12.2. The molecule has 0 spiro atoms. The summed E-state index contributed by atoms with van der Waals surface area (Å²) in [4.78, 5) is 31.5. The molecule has 0 unspecified atom stereocenters. The molecule has 2 aromatic rings. The van der Waals surface area contributed by atoms with Crippen LogP contribution < -0.4 is 5.32 Å². The van der Waals surface area contributed by atoms with Crippen LogP contribution in [0.3, 0.4) is 0 Å². The second-order valence-corrected chi connectivity index (χ2v) is 9.43. The van der Waals surface area contributed by atoms with Crippen LogP contribution in [-0.2, 0) is 22.1 Å². The van der Waals surface area contributed by atoms with E-state index >= 15 is 0 Å². The summed E-state index contributed by atoms with van der Waals surface area (Å²) >= 11 is 0. The summed E-state index contributed by atoms with van der Waals surface area (Å²) in [5.74, 6) is -0.357. The minimum Gasteiger partial charge on any atom is -0.444 e. The highest BCUT2D eigenvalue weighted by molar-refractivity contribution is 5.83. The number of hydrogen-bond donors (Lipinski definition) is 1. The Hall–Kier alpha value is -2.64. The van der Waals surface area contributed by atoms with Crippen LogP contribution in [0.4, 0.5) is 4.79 Å². The summed E-state index contributed by atoms with van der Waals surface area (Å²) in [6.07, 6.45) is 1.35. The largest absolute Gasteiger partial charge is 0.444 e. The SMILES string of the molecule is C[C@H]1CN(C(=O)OC(C)(C)C)C[C@H]1C(=O)NC(C)(C)c1nn(C)c2cccnc12. The van der Waals surface area contributed by atoms with Gasteiger partial charge in [0.15, 0.2) is 0 Å². The normalized spacial score (nSPS) is 20.2. The van der Waals surface area contributed by atoms with E-state index in [1.165, 1.54) is 0 Å². The molecule has 1 aliphatic heterocycles. The van der Waals surface area contributed by atoms with E-state index in [0.29, 0.717) is 13.1 Å². The Balaban J connectivity index is 1.74. The predicted octanol–water partition coefficient (Wildman–Crippen LogP) is 2.82. The van der Waals surface area contributed by atoms with E-state index in [1.54, 1.807) is 15.8 Å². The van der Waals surface area contributed by atoms with Gasteiger partial charge in [0, 0.05) is 26.3 Å². The van der Waals surface area contributed by atoms with Gasteiger partial charge in [-0.15, -0.1) is 0 Å². The van der Waals surface area contributed by atoms with Gasteiger partial charge in [-0.3, -0.25) is 14.5 Å². The number of carbonyl (C=O) groups excluding carboxylic acids is 2. The molecule has 0 saturated carbocycles. The van der Waals surface area contributed by atoms with Gasteiger partial charge < -0.3 is 15.0 Å². The number of likely N-dealkylation sites (tertiary alicyclic amines) is 1. The average Bonchev–Trinajstić information content (AvgIpc) is 3.15. The van der Waals surface area contributed by atoms with Crippen molar-refractivity contribution in [2.45, 2.75) is 52.7 Å². The maximum atomic E-state index is 13.1. The van der Waals surface area contributed by atoms with E-state index in [-0.39, 0.29) is 23.8 Å². The molecule has 2 aromatic heterocycles. The molecular weight excluding hydrogens is 370 g/mol. The molecule has 0 aliphatic carbocycles. The van der Waals surface area contributed by atoms with Crippen molar-refractivity contribution >= 4 is 23.0 Å². The van der Waals surface area contributed by atoms with E-state index in [4.69, 9.17) is 4.74 Å². The van der Waals surface area contributed by atoms with Gasteiger partial charge in [-0.1, -0.05) is 6.92 Å². The van der Waals surface area contributed by atoms with Crippen molar-refractivity contribution < 1.29 is 14.3 Å². The Labute approximate surface area is 171 Å². The molecule has 8 heteroatoms. The lowest BCUT2D eigenvalue weighted by molar-refractivity contribution is -0.127. The zero-order valence-electron chi connectivity index (χ0n) is 18.3. The third-order valence-electron chi connectivity index (χ3n) is 5.24. The van der Waals surface area contributed by atoms with Crippen molar-refractivity contribution in [3.63, 3.8) is 0 Å². The van der Waals surface area contributed by atoms with Crippen molar-refractivity contribution in [3.05, 3.63) is 24.0 Å². The summed E-state index contributed by atoms with van der Waals surface area (Å²) in [7, 11) is 1.86. The summed E-state index contributed by atoms with van der Waals surface area (Å²) in [5, 5.41) is 7.72. The number of rotatable bonds is 3. The van der Waals surface area contributed by atoms with Gasteiger partial charge in [-0.25, -0.2) is 4.79 Å². The molecule has 1 fully saturated rings. The highest BCUT2D eigenvalue weighted by Gasteiger charge is 2.41. The molecule has 1 saturated heterocycles. The number of aromatic nitrogens is 3. The molecule has 1 N–H and O–H groups in total. The van der Waals surface area contributed by atoms with Gasteiger partial charge in [-0.05, 0) is 52.7 Å². The molecule has 8 nitrogen and oxygen atoms in total. The molecule has 1 aliphatic rings. The lowest BCUT2D eigenvalue weighted by Crippen LogP contribution is -2.46. The molecule has 158 valence electrons. The van der Waals surface area contributed by atoms with Crippen molar-refractivity contribution in [2.75, 3.05) is 13.1 Å². The summed E-state index contributed by atoms with van der Waals surface area (Å²) in [6, 6.07) is 3.82. The third-order valence-corrected chi connectivity index (χ3v) is 5.24. The smallest absolute Gasteiger partial charge is 0.410 e. The summed E-state index contributed by atoms with van der Waals surface area (Å²) < 4.78 is 7.23. The van der Waals surface area contributed by atoms with Crippen LogP contribution in [0.5, 0.6) is 0 Å². The monoisotopic (exact) mass is 401 g/mol. The van der Waals surface area contributed by atoms with Crippen LogP contribution in [0.2, 0.25) is 0 Å². The van der Waals surface area contributed by atoms with Crippen LogP contribution >= 0.6 is 0 Å². The first kappa shape index (κ1) is 21.1. The quantitative estimate of drug-likeness (QED) is 0.854. The third kappa shape index (κ3) is 4.36. The number of ether oxygens (including phenoxy) is 1. The fourth-order valence-corrected chi connectivity index (χ4v) is 3.76. The van der Waals surface area contributed by atoms with E-state index in [2.05, 4.69) is 15.4 Å². The van der Waals surface area contributed by atoms with E-state index in [1.807, 2.05) is 60.7 Å². The van der Waals surface area contributed by atoms with Crippen molar-refractivity contribution in [2.24, 2.45) is 18.9 Å². The molecule has 29 heavy (non-hydrogen) atoms. The van der Waals surface area contributed by atoms with E-state index in [0.717, 1.165) is 16.7 Å². The summed E-state index contributed by atoms with van der Waals surface area (Å²) in [5.41, 5.74) is 1.14. The fourth-order valence-electron chi connectivity index (χ4n) is 3.76. The number of amides is 2. The Morgan fingerprint density at radius 2 is 1.90 bits per heavy atom. The van der Waals surface area contributed by atoms with Crippen molar-refractivity contribution in [1.29, 1.82) is 0 Å². The number of hydrogen-bond acceptors (Lipinski definition) is 5. The van der Waals surface area contributed by atoms with E-state index in [9.17, 15) is 9.59 Å². The molecule has 3 rings (SSSR count). The second kappa shape index (κ2) is 7.31. The zero-order chi connectivity index (χ0) is 21.6.